The summed E-state index contributed by atoms with van der Waals surface area (Å²) in [6.45, 7) is 3.51. The smallest absolute Gasteiger partial charge is 0.341 e. The Kier molecular flexibility index (Phi) is 4.59. The van der Waals surface area contributed by atoms with Crippen molar-refractivity contribution in [3.8, 4) is 0 Å². The lowest BCUT2D eigenvalue weighted by atomic mass is 10.2. The predicted octanol–water partition coefficient (Wildman–Crippen LogP) is 1.43. The number of nitrogens with two attached hydrogens (primary N) is 1. The SMILES string of the molecule is CC(C)COC(=O)c1cc(S(N)(=O)=O)cc(F)c1F. The maximum Gasteiger partial charge on any atom is 0.341 e. The Balaban J connectivity index is 3.20. The molecule has 2 N–H and O–H groups in total. The van der Waals surface area contributed by atoms with Gasteiger partial charge >= 0.3 is 5.97 Å². The van der Waals surface area contributed by atoms with Gasteiger partial charge in [0.1, 0.15) is 0 Å². The molecule has 19 heavy (non-hydrogen) atoms. The molecule has 1 aromatic carbocycles. The average molecular weight is 293 g/mol. The van der Waals surface area contributed by atoms with Gasteiger partial charge in [0, 0.05) is 0 Å². The van der Waals surface area contributed by atoms with E-state index in [0.717, 1.165) is 0 Å². The molecule has 0 spiro atoms. The van der Waals surface area contributed by atoms with Gasteiger partial charge in [0.05, 0.1) is 17.1 Å². The third-order valence-corrected chi connectivity index (χ3v) is 2.99. The summed E-state index contributed by atoms with van der Waals surface area (Å²) in [6, 6.07) is 1.06. The van der Waals surface area contributed by atoms with E-state index in [9.17, 15) is 22.0 Å². The minimum absolute atomic E-state index is 0.000501. The summed E-state index contributed by atoms with van der Waals surface area (Å²) in [5.74, 6) is -4.10. The maximum atomic E-state index is 13.4. The Bertz CT molecular complexity index is 599. The van der Waals surface area contributed by atoms with Crippen molar-refractivity contribution in [2.45, 2.75) is 18.7 Å². The van der Waals surface area contributed by atoms with E-state index in [-0.39, 0.29) is 12.5 Å². The molecule has 0 saturated heterocycles. The van der Waals surface area contributed by atoms with Crippen LogP contribution in [0.15, 0.2) is 17.0 Å². The number of sulfonamides is 1. The van der Waals surface area contributed by atoms with Crippen LogP contribution in [-0.2, 0) is 14.8 Å². The monoisotopic (exact) mass is 293 g/mol. The molecule has 0 bridgehead atoms. The number of carbonyl (C=O) groups is 1. The number of carbonyl (C=O) groups excluding carboxylic acids is 1. The second-order valence-electron chi connectivity index (χ2n) is 4.30. The summed E-state index contributed by atoms with van der Waals surface area (Å²) in [6.07, 6.45) is 0. The zero-order valence-corrected chi connectivity index (χ0v) is 11.1. The van der Waals surface area contributed by atoms with Gasteiger partial charge in [0.15, 0.2) is 11.6 Å². The highest BCUT2D eigenvalue weighted by Gasteiger charge is 2.22. The average Bonchev–Trinajstić information content (AvgIpc) is 2.27. The first kappa shape index (κ1) is 15.5. The molecular weight excluding hydrogens is 280 g/mol. The molecule has 0 amide bonds. The molecule has 5 nitrogen and oxygen atoms in total. The van der Waals surface area contributed by atoms with Crippen molar-refractivity contribution in [3.63, 3.8) is 0 Å². The fourth-order valence-electron chi connectivity index (χ4n) is 1.20. The molecule has 0 aliphatic heterocycles. The van der Waals surface area contributed by atoms with Gasteiger partial charge in [-0.05, 0) is 18.1 Å². The molecule has 0 aliphatic carbocycles. The van der Waals surface area contributed by atoms with Crippen LogP contribution >= 0.6 is 0 Å². The zero-order chi connectivity index (χ0) is 14.8. The second kappa shape index (κ2) is 5.62. The lowest BCUT2D eigenvalue weighted by molar-refractivity contribution is 0.0452. The summed E-state index contributed by atoms with van der Waals surface area (Å²) < 4.78 is 53.5. The van der Waals surface area contributed by atoms with Crippen molar-refractivity contribution in [2.75, 3.05) is 6.61 Å². The topological polar surface area (TPSA) is 86.5 Å². The number of primary sulfonamides is 1. The Hall–Kier alpha value is -1.54. The molecule has 0 unspecified atom stereocenters. The van der Waals surface area contributed by atoms with E-state index in [1.807, 2.05) is 0 Å². The number of hydrogen-bond donors (Lipinski definition) is 1. The Labute approximate surface area is 109 Å². The van der Waals surface area contributed by atoms with Crippen LogP contribution in [0, 0.1) is 17.6 Å². The minimum Gasteiger partial charge on any atom is -0.462 e. The Morgan fingerprint density at radius 1 is 1.37 bits per heavy atom. The van der Waals surface area contributed by atoms with E-state index in [2.05, 4.69) is 0 Å². The highest BCUT2D eigenvalue weighted by Crippen LogP contribution is 2.19. The lowest BCUT2D eigenvalue weighted by Crippen LogP contribution is -2.17. The van der Waals surface area contributed by atoms with Gasteiger partial charge in [-0.3, -0.25) is 0 Å². The standard InChI is InChI=1S/C11H13F2NO4S/c1-6(2)5-18-11(15)8-3-7(19(14,16)17)4-9(12)10(8)13/h3-4,6H,5H2,1-2H3,(H2,14,16,17). The highest BCUT2D eigenvalue weighted by molar-refractivity contribution is 7.89. The second-order valence-corrected chi connectivity index (χ2v) is 5.87. The van der Waals surface area contributed by atoms with Crippen molar-refractivity contribution < 1.29 is 26.7 Å². The fraction of sp³-hybridized carbons (Fsp3) is 0.364. The third kappa shape index (κ3) is 3.97. The van der Waals surface area contributed by atoms with Crippen molar-refractivity contribution in [1.82, 2.24) is 0 Å². The van der Waals surface area contributed by atoms with Gasteiger partial charge < -0.3 is 4.74 Å². The molecule has 0 saturated carbocycles. The first-order valence-electron chi connectivity index (χ1n) is 5.32. The molecule has 0 radical (unpaired) electrons. The van der Waals surface area contributed by atoms with Crippen LogP contribution in [0.1, 0.15) is 24.2 Å². The molecule has 0 atom stereocenters. The molecule has 0 fully saturated rings. The fourth-order valence-corrected chi connectivity index (χ4v) is 1.75. The molecule has 1 rings (SSSR count). The zero-order valence-electron chi connectivity index (χ0n) is 10.3. The first-order chi connectivity index (χ1) is 8.62. The van der Waals surface area contributed by atoms with E-state index < -0.39 is 38.1 Å². The van der Waals surface area contributed by atoms with Crippen LogP contribution < -0.4 is 5.14 Å². The summed E-state index contributed by atoms with van der Waals surface area (Å²) >= 11 is 0. The molecule has 0 aliphatic rings. The first-order valence-corrected chi connectivity index (χ1v) is 6.86. The van der Waals surface area contributed by atoms with Crippen molar-refractivity contribution in [1.29, 1.82) is 0 Å². The Morgan fingerprint density at radius 2 is 1.95 bits per heavy atom. The van der Waals surface area contributed by atoms with Crippen LogP contribution in [0.3, 0.4) is 0 Å². The summed E-state index contributed by atoms with van der Waals surface area (Å²) in [7, 11) is -4.24. The molecule has 0 aromatic heterocycles. The minimum atomic E-state index is -4.24. The largest absolute Gasteiger partial charge is 0.462 e. The van der Waals surface area contributed by atoms with Gasteiger partial charge in [0.25, 0.3) is 0 Å². The molecule has 1 aromatic rings. The van der Waals surface area contributed by atoms with Gasteiger partial charge in [-0.15, -0.1) is 0 Å². The van der Waals surface area contributed by atoms with Crippen LogP contribution in [0.2, 0.25) is 0 Å². The summed E-state index contributed by atoms with van der Waals surface area (Å²) in [5, 5.41) is 4.80. The number of benzene rings is 1. The number of rotatable bonds is 4. The van der Waals surface area contributed by atoms with Gasteiger partial charge in [-0.25, -0.2) is 27.1 Å². The van der Waals surface area contributed by atoms with Crippen LogP contribution in [0.5, 0.6) is 0 Å². The summed E-state index contributed by atoms with van der Waals surface area (Å²) in [4.78, 5) is 10.8. The Morgan fingerprint density at radius 3 is 2.42 bits per heavy atom. The third-order valence-electron chi connectivity index (χ3n) is 2.10. The van der Waals surface area contributed by atoms with E-state index in [0.29, 0.717) is 12.1 Å². The van der Waals surface area contributed by atoms with Crippen LogP contribution in [-0.4, -0.2) is 21.0 Å². The predicted molar refractivity (Wildman–Crippen MR) is 62.9 cm³/mol. The number of hydrogen-bond acceptors (Lipinski definition) is 4. The van der Waals surface area contributed by atoms with Crippen molar-refractivity contribution >= 4 is 16.0 Å². The van der Waals surface area contributed by atoms with E-state index in [1.165, 1.54) is 0 Å². The number of ether oxygens (including phenoxy) is 1. The van der Waals surface area contributed by atoms with Gasteiger partial charge in [-0.1, -0.05) is 13.8 Å². The highest BCUT2D eigenvalue weighted by atomic mass is 32.2. The van der Waals surface area contributed by atoms with Crippen molar-refractivity contribution in [3.05, 3.63) is 29.3 Å². The summed E-state index contributed by atoms with van der Waals surface area (Å²) in [5.41, 5.74) is -0.801. The van der Waals surface area contributed by atoms with Gasteiger partial charge in [0.2, 0.25) is 10.0 Å². The molecule has 8 heteroatoms. The molecule has 0 heterocycles. The number of halogens is 2. The van der Waals surface area contributed by atoms with Crippen molar-refractivity contribution in [2.24, 2.45) is 11.1 Å². The van der Waals surface area contributed by atoms with E-state index in [4.69, 9.17) is 9.88 Å². The molecular formula is C11H13F2NO4S. The van der Waals surface area contributed by atoms with E-state index >= 15 is 0 Å². The lowest BCUT2D eigenvalue weighted by Gasteiger charge is -2.09. The van der Waals surface area contributed by atoms with E-state index in [1.54, 1.807) is 13.8 Å². The normalized spacial score (nSPS) is 11.7. The van der Waals surface area contributed by atoms with Gasteiger partial charge in [-0.2, -0.15) is 0 Å². The van der Waals surface area contributed by atoms with Crippen LogP contribution in [0.4, 0.5) is 8.78 Å². The molecule has 106 valence electrons. The van der Waals surface area contributed by atoms with Crippen LogP contribution in [0.25, 0.3) is 0 Å². The number of esters is 1. The quantitative estimate of drug-likeness (QED) is 0.851. The maximum absolute atomic E-state index is 13.4.